The Kier molecular flexibility index (Phi) is 8.92. The second kappa shape index (κ2) is 11.2. The quantitative estimate of drug-likeness (QED) is 0.498. The van der Waals surface area contributed by atoms with Gasteiger partial charge in [0, 0.05) is 44.7 Å². The third kappa shape index (κ3) is 6.73. The lowest BCUT2D eigenvalue weighted by Gasteiger charge is -2.36. The van der Waals surface area contributed by atoms with Gasteiger partial charge in [-0.2, -0.15) is 0 Å². The molecule has 5 heteroatoms. The number of Topliss-reactive ketones (excluding diaryl/α,β-unsaturated/α-hetero) is 1. The van der Waals surface area contributed by atoms with Gasteiger partial charge in [0.25, 0.3) is 0 Å². The van der Waals surface area contributed by atoms with E-state index in [-0.39, 0.29) is 31.0 Å². The first kappa shape index (κ1) is 21.5. The standard InChI is InChI=1S/C22H27FN2O.ClH/c23-22(12-11-21(26)20-9-5-2-6-10-20)25-17-15-24(16-18-25)14-13-19-7-3-1-4-8-19;/h1-10,22H,11-18H2;1H. The molecule has 1 saturated heterocycles. The average molecular weight is 391 g/mol. The summed E-state index contributed by atoms with van der Waals surface area (Å²) in [6.45, 7) is 4.26. The van der Waals surface area contributed by atoms with Crippen LogP contribution in [-0.2, 0) is 6.42 Å². The first-order valence-corrected chi connectivity index (χ1v) is 9.45. The van der Waals surface area contributed by atoms with Crippen LogP contribution in [0.3, 0.4) is 0 Å². The zero-order valence-corrected chi connectivity index (χ0v) is 16.4. The topological polar surface area (TPSA) is 23.6 Å². The molecule has 0 bridgehead atoms. The van der Waals surface area contributed by atoms with Crippen LogP contribution in [0, 0.1) is 0 Å². The van der Waals surface area contributed by atoms with E-state index in [9.17, 15) is 9.18 Å². The van der Waals surface area contributed by atoms with Crippen molar-refractivity contribution >= 4 is 18.2 Å². The molecule has 1 unspecified atom stereocenters. The van der Waals surface area contributed by atoms with Crippen LogP contribution >= 0.6 is 12.4 Å². The van der Waals surface area contributed by atoms with Gasteiger partial charge in [-0.05, 0) is 18.4 Å². The van der Waals surface area contributed by atoms with Gasteiger partial charge in [0.05, 0.1) is 0 Å². The zero-order valence-electron chi connectivity index (χ0n) is 15.6. The monoisotopic (exact) mass is 390 g/mol. The minimum atomic E-state index is -1.03. The molecule has 1 fully saturated rings. The van der Waals surface area contributed by atoms with Crippen molar-refractivity contribution in [1.82, 2.24) is 9.80 Å². The summed E-state index contributed by atoms with van der Waals surface area (Å²) >= 11 is 0. The van der Waals surface area contributed by atoms with Crippen molar-refractivity contribution < 1.29 is 9.18 Å². The molecule has 0 spiro atoms. The highest BCUT2D eigenvalue weighted by Gasteiger charge is 2.23. The smallest absolute Gasteiger partial charge is 0.163 e. The highest BCUT2D eigenvalue weighted by molar-refractivity contribution is 5.95. The molecule has 0 radical (unpaired) electrons. The molecule has 0 amide bonds. The van der Waals surface area contributed by atoms with E-state index in [0.29, 0.717) is 5.56 Å². The Hall–Kier alpha value is -1.75. The maximum Gasteiger partial charge on any atom is 0.163 e. The number of carbonyl (C=O) groups is 1. The average Bonchev–Trinajstić information content (AvgIpc) is 2.72. The number of hydrogen-bond acceptors (Lipinski definition) is 3. The molecule has 146 valence electrons. The third-order valence-electron chi connectivity index (χ3n) is 5.07. The second-order valence-corrected chi connectivity index (χ2v) is 6.88. The van der Waals surface area contributed by atoms with Crippen LogP contribution in [0.1, 0.15) is 28.8 Å². The second-order valence-electron chi connectivity index (χ2n) is 6.88. The number of piperazine rings is 1. The molecule has 3 rings (SSSR count). The van der Waals surface area contributed by atoms with Crippen molar-refractivity contribution in [2.24, 2.45) is 0 Å². The van der Waals surface area contributed by atoms with E-state index in [4.69, 9.17) is 0 Å². The van der Waals surface area contributed by atoms with E-state index in [1.165, 1.54) is 5.56 Å². The number of benzene rings is 2. The number of halogens is 2. The number of carbonyl (C=O) groups excluding carboxylic acids is 1. The summed E-state index contributed by atoms with van der Waals surface area (Å²) in [5.41, 5.74) is 2.02. The Morgan fingerprint density at radius 3 is 2.15 bits per heavy atom. The van der Waals surface area contributed by atoms with E-state index in [1.807, 2.05) is 29.2 Å². The van der Waals surface area contributed by atoms with Crippen LogP contribution in [0.15, 0.2) is 60.7 Å². The molecule has 0 saturated carbocycles. The highest BCUT2D eigenvalue weighted by Crippen LogP contribution is 2.15. The van der Waals surface area contributed by atoms with Crippen molar-refractivity contribution in [3.63, 3.8) is 0 Å². The van der Waals surface area contributed by atoms with Gasteiger partial charge in [0.15, 0.2) is 12.1 Å². The first-order valence-electron chi connectivity index (χ1n) is 9.45. The summed E-state index contributed by atoms with van der Waals surface area (Å²) in [6, 6.07) is 19.6. The molecular weight excluding hydrogens is 363 g/mol. The maximum absolute atomic E-state index is 14.5. The summed E-state index contributed by atoms with van der Waals surface area (Å²) in [7, 11) is 0. The predicted octanol–water partition coefficient (Wildman–Crippen LogP) is 4.23. The number of ketones is 1. The fourth-order valence-electron chi connectivity index (χ4n) is 3.40. The first-order chi connectivity index (χ1) is 12.7. The van der Waals surface area contributed by atoms with Crippen molar-refractivity contribution in [2.75, 3.05) is 32.7 Å². The van der Waals surface area contributed by atoms with E-state index >= 15 is 0 Å². The number of nitrogens with zero attached hydrogens (tertiary/aromatic N) is 2. The minimum Gasteiger partial charge on any atom is -0.300 e. The lowest BCUT2D eigenvalue weighted by atomic mass is 10.1. The van der Waals surface area contributed by atoms with Gasteiger partial charge in [0.2, 0.25) is 0 Å². The van der Waals surface area contributed by atoms with Crippen LogP contribution in [-0.4, -0.2) is 54.6 Å². The summed E-state index contributed by atoms with van der Waals surface area (Å²) in [5, 5.41) is 0. The number of hydrogen-bond donors (Lipinski definition) is 0. The zero-order chi connectivity index (χ0) is 18.2. The predicted molar refractivity (Wildman–Crippen MR) is 110 cm³/mol. The molecule has 0 aromatic heterocycles. The summed E-state index contributed by atoms with van der Waals surface area (Å²) in [5.74, 6) is 0.0229. The lowest BCUT2D eigenvalue weighted by Crippen LogP contribution is -2.49. The van der Waals surface area contributed by atoms with Gasteiger partial charge in [-0.15, -0.1) is 12.4 Å². The normalized spacial score (nSPS) is 16.5. The Morgan fingerprint density at radius 2 is 1.52 bits per heavy atom. The van der Waals surface area contributed by atoms with E-state index in [0.717, 1.165) is 39.1 Å². The van der Waals surface area contributed by atoms with Crippen LogP contribution in [0.2, 0.25) is 0 Å². The number of rotatable bonds is 8. The molecule has 3 nitrogen and oxygen atoms in total. The summed E-state index contributed by atoms with van der Waals surface area (Å²) < 4.78 is 14.5. The van der Waals surface area contributed by atoms with Crippen molar-refractivity contribution in [1.29, 1.82) is 0 Å². The Bertz CT molecular complexity index is 675. The lowest BCUT2D eigenvalue weighted by molar-refractivity contribution is 0.0262. The number of alkyl halides is 1. The molecule has 0 N–H and O–H groups in total. The van der Waals surface area contributed by atoms with Crippen LogP contribution in [0.4, 0.5) is 4.39 Å². The molecule has 2 aromatic carbocycles. The van der Waals surface area contributed by atoms with Crippen molar-refractivity contribution in [3.8, 4) is 0 Å². The summed E-state index contributed by atoms with van der Waals surface area (Å²) in [6.07, 6.45) is 0.543. The highest BCUT2D eigenvalue weighted by atomic mass is 35.5. The molecule has 1 heterocycles. The fraction of sp³-hybridized carbons (Fsp3) is 0.409. The van der Waals surface area contributed by atoms with Gasteiger partial charge in [-0.25, -0.2) is 4.39 Å². The molecule has 1 atom stereocenters. The van der Waals surface area contributed by atoms with Crippen LogP contribution in [0.25, 0.3) is 0 Å². The van der Waals surface area contributed by atoms with Crippen molar-refractivity contribution in [2.45, 2.75) is 25.6 Å². The molecule has 27 heavy (non-hydrogen) atoms. The van der Waals surface area contributed by atoms with Gasteiger partial charge in [-0.1, -0.05) is 60.7 Å². The summed E-state index contributed by atoms with van der Waals surface area (Å²) in [4.78, 5) is 16.4. The Labute approximate surface area is 167 Å². The molecule has 0 aliphatic carbocycles. The van der Waals surface area contributed by atoms with Gasteiger partial charge < -0.3 is 4.90 Å². The van der Waals surface area contributed by atoms with E-state index in [1.54, 1.807) is 12.1 Å². The van der Waals surface area contributed by atoms with Crippen molar-refractivity contribution in [3.05, 3.63) is 71.8 Å². The molecule has 1 aliphatic rings. The van der Waals surface area contributed by atoms with Gasteiger partial charge in [0.1, 0.15) is 0 Å². The van der Waals surface area contributed by atoms with E-state index in [2.05, 4.69) is 29.2 Å². The molecular formula is C22H28ClFN2O. The molecule has 2 aromatic rings. The maximum atomic E-state index is 14.5. The minimum absolute atomic E-state index is 0. The van der Waals surface area contributed by atoms with Gasteiger partial charge >= 0.3 is 0 Å². The van der Waals surface area contributed by atoms with Gasteiger partial charge in [-0.3, -0.25) is 9.69 Å². The largest absolute Gasteiger partial charge is 0.300 e. The Morgan fingerprint density at radius 1 is 0.926 bits per heavy atom. The molecule has 1 aliphatic heterocycles. The van der Waals surface area contributed by atoms with Crippen LogP contribution in [0.5, 0.6) is 0 Å². The van der Waals surface area contributed by atoms with Crippen LogP contribution < -0.4 is 0 Å². The SMILES string of the molecule is Cl.O=C(CCC(F)N1CCN(CCc2ccccc2)CC1)c1ccccc1. The Balaban J connectivity index is 0.00000261. The third-order valence-corrected chi connectivity index (χ3v) is 5.07. The fourth-order valence-corrected chi connectivity index (χ4v) is 3.40. The van der Waals surface area contributed by atoms with E-state index < -0.39 is 6.30 Å².